The molecule has 1 aromatic carbocycles. The first-order chi connectivity index (χ1) is 11.0. The molecule has 0 bridgehead atoms. The number of aliphatic carboxylic acids is 1. The van der Waals surface area contributed by atoms with E-state index in [-0.39, 0.29) is 12.3 Å². The number of carbonyl (C=O) groups excluding carboxylic acids is 1. The van der Waals surface area contributed by atoms with Crippen molar-refractivity contribution >= 4 is 34.0 Å². The van der Waals surface area contributed by atoms with Gasteiger partial charge >= 0.3 is 5.97 Å². The quantitative estimate of drug-likeness (QED) is 0.367. The maximum absolute atomic E-state index is 11.6. The van der Waals surface area contributed by atoms with Gasteiger partial charge in [0.2, 0.25) is 5.91 Å². The maximum Gasteiger partial charge on any atom is 0.303 e. The van der Waals surface area contributed by atoms with Gasteiger partial charge in [-0.15, -0.1) is 0 Å². The van der Waals surface area contributed by atoms with Crippen LogP contribution in [0.3, 0.4) is 0 Å². The fourth-order valence-corrected chi connectivity index (χ4v) is 2.33. The Morgan fingerprint density at radius 1 is 1.26 bits per heavy atom. The Balaban J connectivity index is 2.28. The third-order valence-electron chi connectivity index (χ3n) is 3.13. The fraction of sp³-hybridized carbons (Fsp3) is 0.438. The summed E-state index contributed by atoms with van der Waals surface area (Å²) in [6, 6.07) is 5.51. The number of nitrogens with one attached hydrogen (secondary N) is 1. The molecule has 0 saturated heterocycles. The van der Waals surface area contributed by atoms with Crippen molar-refractivity contribution in [3.63, 3.8) is 0 Å². The number of amides is 1. The van der Waals surface area contributed by atoms with E-state index in [9.17, 15) is 9.59 Å². The predicted octanol–water partition coefficient (Wildman–Crippen LogP) is 3.33. The summed E-state index contributed by atoms with van der Waals surface area (Å²) in [7, 11) is 1.57. The number of unbranched alkanes of at least 4 members (excludes halogenated alkanes) is 3. The molecular weight excluding hydrogens is 364 g/mol. The van der Waals surface area contributed by atoms with Crippen molar-refractivity contribution in [2.45, 2.75) is 38.5 Å². The Morgan fingerprint density at radius 2 is 1.96 bits per heavy atom. The number of rotatable bonds is 10. The summed E-state index contributed by atoms with van der Waals surface area (Å²) in [5.74, 6) is -0.266. The van der Waals surface area contributed by atoms with Crippen LogP contribution in [0.5, 0.6) is 5.75 Å². The third-order valence-corrected chi connectivity index (χ3v) is 3.62. The van der Waals surface area contributed by atoms with Gasteiger partial charge in [-0.2, -0.15) is 5.10 Å². The number of hydrogen-bond acceptors (Lipinski definition) is 4. The van der Waals surface area contributed by atoms with Crippen molar-refractivity contribution < 1.29 is 19.4 Å². The van der Waals surface area contributed by atoms with Crippen molar-refractivity contribution in [3.05, 3.63) is 28.2 Å². The lowest BCUT2D eigenvalue weighted by Gasteiger charge is -2.04. The first-order valence-electron chi connectivity index (χ1n) is 7.40. The highest BCUT2D eigenvalue weighted by atomic mass is 79.9. The highest BCUT2D eigenvalue weighted by Crippen LogP contribution is 2.21. The summed E-state index contributed by atoms with van der Waals surface area (Å²) in [5.41, 5.74) is 3.24. The lowest BCUT2D eigenvalue weighted by molar-refractivity contribution is -0.137. The topological polar surface area (TPSA) is 88.0 Å². The highest BCUT2D eigenvalue weighted by molar-refractivity contribution is 9.10. The molecule has 6 nitrogen and oxygen atoms in total. The summed E-state index contributed by atoms with van der Waals surface area (Å²) in [6.45, 7) is 0. The summed E-state index contributed by atoms with van der Waals surface area (Å²) in [5, 5.41) is 12.4. The van der Waals surface area contributed by atoms with Crippen LogP contribution in [-0.2, 0) is 9.59 Å². The molecule has 2 N–H and O–H groups in total. The number of carboxylic acids is 1. The van der Waals surface area contributed by atoms with Gasteiger partial charge in [0.05, 0.1) is 13.3 Å². The van der Waals surface area contributed by atoms with Crippen LogP contribution in [0, 0.1) is 0 Å². The fourth-order valence-electron chi connectivity index (χ4n) is 1.95. The molecule has 0 atom stereocenters. The number of benzene rings is 1. The van der Waals surface area contributed by atoms with Crippen LogP contribution >= 0.6 is 15.9 Å². The Bertz CT molecular complexity index is 561. The minimum absolute atomic E-state index is 0.159. The van der Waals surface area contributed by atoms with Gasteiger partial charge in [0.15, 0.2) is 0 Å². The molecule has 1 amide bonds. The van der Waals surface area contributed by atoms with Gasteiger partial charge in [-0.05, 0) is 31.0 Å². The van der Waals surface area contributed by atoms with E-state index in [1.54, 1.807) is 7.11 Å². The van der Waals surface area contributed by atoms with Crippen molar-refractivity contribution in [1.82, 2.24) is 5.43 Å². The molecule has 0 heterocycles. The zero-order chi connectivity index (χ0) is 17.1. The molecule has 0 aliphatic rings. The Morgan fingerprint density at radius 3 is 2.61 bits per heavy atom. The Hall–Kier alpha value is -1.89. The van der Waals surface area contributed by atoms with E-state index in [2.05, 4.69) is 26.5 Å². The molecule has 0 fully saturated rings. The van der Waals surface area contributed by atoms with Crippen molar-refractivity contribution in [2.75, 3.05) is 7.11 Å². The van der Waals surface area contributed by atoms with Gasteiger partial charge in [0, 0.05) is 22.9 Å². The van der Waals surface area contributed by atoms with Crippen LogP contribution < -0.4 is 10.2 Å². The molecule has 0 aliphatic heterocycles. The van der Waals surface area contributed by atoms with Gasteiger partial charge in [-0.25, -0.2) is 5.43 Å². The summed E-state index contributed by atoms with van der Waals surface area (Å²) in [6.07, 6.45) is 5.13. The number of hydrazone groups is 1. The first kappa shape index (κ1) is 19.2. The van der Waals surface area contributed by atoms with E-state index in [0.717, 1.165) is 29.3 Å². The van der Waals surface area contributed by atoms with E-state index in [4.69, 9.17) is 9.84 Å². The second kappa shape index (κ2) is 10.8. The smallest absolute Gasteiger partial charge is 0.303 e. The molecule has 0 aliphatic carbocycles. The monoisotopic (exact) mass is 384 g/mol. The minimum Gasteiger partial charge on any atom is -0.496 e. The van der Waals surface area contributed by atoms with Crippen LogP contribution in [0.4, 0.5) is 0 Å². The minimum atomic E-state index is -0.778. The number of carbonyl (C=O) groups is 2. The molecule has 126 valence electrons. The molecule has 7 heteroatoms. The highest BCUT2D eigenvalue weighted by Gasteiger charge is 2.03. The zero-order valence-corrected chi connectivity index (χ0v) is 14.6. The summed E-state index contributed by atoms with van der Waals surface area (Å²) >= 11 is 3.37. The average molecular weight is 385 g/mol. The van der Waals surface area contributed by atoms with Crippen molar-refractivity contribution in [1.29, 1.82) is 0 Å². The number of halogens is 1. The van der Waals surface area contributed by atoms with E-state index in [1.165, 1.54) is 6.21 Å². The second-order valence-electron chi connectivity index (χ2n) is 4.99. The lowest BCUT2D eigenvalue weighted by atomic mass is 10.1. The second-order valence-corrected chi connectivity index (χ2v) is 5.90. The van der Waals surface area contributed by atoms with Gasteiger partial charge in [-0.1, -0.05) is 28.8 Å². The van der Waals surface area contributed by atoms with E-state index in [1.807, 2.05) is 18.2 Å². The van der Waals surface area contributed by atoms with Gasteiger partial charge < -0.3 is 9.84 Å². The first-order valence-corrected chi connectivity index (χ1v) is 8.19. The van der Waals surface area contributed by atoms with E-state index in [0.29, 0.717) is 18.6 Å². The lowest BCUT2D eigenvalue weighted by Crippen LogP contribution is -2.17. The third kappa shape index (κ3) is 8.35. The SMILES string of the molecule is COc1ccc(Br)cc1/C=N/NC(=O)CCCCCCC(=O)O. The number of carboxylic acid groups (broad SMARTS) is 1. The van der Waals surface area contributed by atoms with Crippen LogP contribution in [0.25, 0.3) is 0 Å². The molecule has 0 aromatic heterocycles. The van der Waals surface area contributed by atoms with Gasteiger partial charge in [0.25, 0.3) is 0 Å². The molecular formula is C16H21BrN2O4. The standard InChI is InChI=1S/C16H21BrN2O4/c1-23-14-9-8-13(17)10-12(14)11-18-19-15(20)6-4-2-3-5-7-16(21)22/h8-11H,2-7H2,1H3,(H,19,20)(H,21,22)/b18-11+. The van der Waals surface area contributed by atoms with Gasteiger partial charge in [0.1, 0.15) is 5.75 Å². The van der Waals surface area contributed by atoms with Crippen LogP contribution in [-0.4, -0.2) is 30.3 Å². The van der Waals surface area contributed by atoms with Crippen LogP contribution in [0.1, 0.15) is 44.1 Å². The average Bonchev–Trinajstić information content (AvgIpc) is 2.50. The number of ether oxygens (including phenoxy) is 1. The van der Waals surface area contributed by atoms with E-state index < -0.39 is 5.97 Å². The van der Waals surface area contributed by atoms with Crippen LogP contribution in [0.2, 0.25) is 0 Å². The normalized spacial score (nSPS) is 10.7. The molecule has 0 spiro atoms. The van der Waals surface area contributed by atoms with Crippen molar-refractivity contribution in [3.8, 4) is 5.75 Å². The molecule has 1 rings (SSSR count). The molecule has 0 radical (unpaired) electrons. The maximum atomic E-state index is 11.6. The Labute approximate surface area is 144 Å². The predicted molar refractivity (Wildman–Crippen MR) is 91.8 cm³/mol. The summed E-state index contributed by atoms with van der Waals surface area (Å²) in [4.78, 5) is 22.0. The molecule has 0 unspecified atom stereocenters. The largest absolute Gasteiger partial charge is 0.496 e. The zero-order valence-electron chi connectivity index (χ0n) is 13.0. The van der Waals surface area contributed by atoms with Crippen molar-refractivity contribution in [2.24, 2.45) is 5.10 Å². The molecule has 1 aromatic rings. The van der Waals surface area contributed by atoms with Crippen LogP contribution in [0.15, 0.2) is 27.8 Å². The Kier molecular flexibility index (Phi) is 8.97. The number of nitrogens with zero attached hydrogens (tertiary/aromatic N) is 1. The molecule has 0 saturated carbocycles. The number of hydrogen-bond donors (Lipinski definition) is 2. The van der Waals surface area contributed by atoms with Gasteiger partial charge in [-0.3, -0.25) is 9.59 Å². The molecule has 23 heavy (non-hydrogen) atoms. The number of methoxy groups -OCH3 is 1. The van der Waals surface area contributed by atoms with E-state index >= 15 is 0 Å². The summed E-state index contributed by atoms with van der Waals surface area (Å²) < 4.78 is 6.11.